The number of nitrogens with two attached hydrogens (primary N) is 1. The summed E-state index contributed by atoms with van der Waals surface area (Å²) in [7, 11) is 0. The summed E-state index contributed by atoms with van der Waals surface area (Å²) in [6.45, 7) is 19.6. The van der Waals surface area contributed by atoms with Gasteiger partial charge in [-0.15, -0.1) is 0 Å². The first-order valence-corrected chi connectivity index (χ1v) is 20.5. The third-order valence-electron chi connectivity index (χ3n) is 13.9. The van der Waals surface area contributed by atoms with Gasteiger partial charge in [0.1, 0.15) is 0 Å². The van der Waals surface area contributed by atoms with Crippen molar-refractivity contribution in [3.8, 4) is 0 Å². The molecule has 0 saturated heterocycles. The second-order valence-electron chi connectivity index (χ2n) is 17.2. The van der Waals surface area contributed by atoms with Crippen molar-refractivity contribution in [2.75, 3.05) is 52.4 Å². The van der Waals surface area contributed by atoms with Crippen molar-refractivity contribution in [3.05, 3.63) is 0 Å². The van der Waals surface area contributed by atoms with Crippen LogP contribution in [-0.2, 0) is 9.53 Å². The second-order valence-corrected chi connectivity index (χ2v) is 17.2. The van der Waals surface area contributed by atoms with E-state index in [0.717, 1.165) is 83.5 Å². The molecule has 0 unspecified atom stereocenters. The number of unbranched alkanes of at least 4 members (excludes halogenated alkanes) is 1. The smallest absolute Gasteiger partial charge is 0.306 e. The Hall–Kier alpha value is -0.770. The van der Waals surface area contributed by atoms with Gasteiger partial charge in [-0.3, -0.25) is 4.79 Å². The van der Waals surface area contributed by atoms with Gasteiger partial charge in [-0.1, -0.05) is 20.8 Å². The molecule has 4 aliphatic carbocycles. The lowest BCUT2D eigenvalue weighted by Gasteiger charge is -2.62. The number of hydrogen-bond acceptors (Lipinski definition) is 8. The van der Waals surface area contributed by atoms with Crippen LogP contribution in [0.2, 0.25) is 0 Å². The van der Waals surface area contributed by atoms with Crippen LogP contribution in [0.4, 0.5) is 0 Å². The molecule has 48 heavy (non-hydrogen) atoms. The lowest BCUT2D eigenvalue weighted by Crippen LogP contribution is -2.59. The van der Waals surface area contributed by atoms with Gasteiger partial charge in [-0.05, 0) is 202 Å². The van der Waals surface area contributed by atoms with Crippen LogP contribution in [0.5, 0.6) is 0 Å². The number of ether oxygens (including phenoxy) is 1. The molecule has 0 radical (unpaired) electrons. The quantitative estimate of drug-likeness (QED) is 0.0647. The summed E-state index contributed by atoms with van der Waals surface area (Å²) >= 11 is 0. The summed E-state index contributed by atoms with van der Waals surface area (Å²) < 4.78 is 5.42. The molecule has 0 aromatic heterocycles. The van der Waals surface area contributed by atoms with Crippen LogP contribution in [-0.4, -0.2) is 81.7 Å². The van der Waals surface area contributed by atoms with Crippen molar-refractivity contribution in [1.82, 2.24) is 21.3 Å². The van der Waals surface area contributed by atoms with Crippen LogP contribution in [0.1, 0.15) is 131 Å². The topological polar surface area (TPSA) is 121 Å². The minimum atomic E-state index is -0.227. The molecule has 0 aromatic rings. The van der Waals surface area contributed by atoms with Crippen molar-refractivity contribution in [2.24, 2.45) is 52.1 Å². The van der Waals surface area contributed by atoms with Gasteiger partial charge in [-0.2, -0.15) is 0 Å². The maximum atomic E-state index is 12.3. The molecule has 10 atom stereocenters. The molecule has 0 aliphatic heterocycles. The molecule has 0 spiro atoms. The maximum absolute atomic E-state index is 12.3. The van der Waals surface area contributed by atoms with E-state index in [1.807, 2.05) is 13.8 Å². The predicted octanol–water partition coefficient (Wildman–Crippen LogP) is 5.62. The predicted molar refractivity (Wildman–Crippen MR) is 199 cm³/mol. The molecular formula is C40H77N5O3. The first-order valence-electron chi connectivity index (χ1n) is 20.5. The molecule has 280 valence electrons. The zero-order valence-corrected chi connectivity index (χ0v) is 31.8. The van der Waals surface area contributed by atoms with Crippen LogP contribution in [0.3, 0.4) is 0 Å². The summed E-state index contributed by atoms with van der Waals surface area (Å²) in [4.78, 5) is 12.3. The number of carbonyl (C=O) groups excluding carboxylic acids is 1. The van der Waals surface area contributed by atoms with E-state index in [-0.39, 0.29) is 23.6 Å². The molecule has 0 bridgehead atoms. The first kappa shape index (κ1) is 40.0. The minimum Gasteiger partial charge on any atom is -0.463 e. The third-order valence-corrected chi connectivity index (χ3v) is 13.9. The first-order chi connectivity index (χ1) is 23.1. The van der Waals surface area contributed by atoms with Gasteiger partial charge in [-0.25, -0.2) is 0 Å². The fourth-order valence-electron chi connectivity index (χ4n) is 11.2. The SMILES string of the molecule is CC(C)OC(=O)CC[C@@H](C)[C@H]1CC[C@H]2[C@@H]3CC[C@H]4C[C@@H](NCCCNCCCNCCCCNCCCN)CC[C@]4(C)[C@H]3C[C@H](O)[C@]12C. The lowest BCUT2D eigenvalue weighted by atomic mass is 9.43. The van der Waals surface area contributed by atoms with Crippen molar-refractivity contribution in [1.29, 1.82) is 0 Å². The number of hydrogen-bond donors (Lipinski definition) is 6. The highest BCUT2D eigenvalue weighted by molar-refractivity contribution is 5.69. The van der Waals surface area contributed by atoms with Crippen molar-refractivity contribution in [3.63, 3.8) is 0 Å². The van der Waals surface area contributed by atoms with E-state index in [9.17, 15) is 9.90 Å². The van der Waals surface area contributed by atoms with Crippen LogP contribution in [0, 0.1) is 46.3 Å². The van der Waals surface area contributed by atoms with Crippen LogP contribution >= 0.6 is 0 Å². The lowest BCUT2D eigenvalue weighted by molar-refractivity contribution is -0.170. The highest BCUT2D eigenvalue weighted by Gasteiger charge is 2.63. The number of aliphatic hydroxyl groups excluding tert-OH is 1. The van der Waals surface area contributed by atoms with E-state index in [0.29, 0.717) is 41.5 Å². The molecule has 0 aromatic carbocycles. The Morgan fingerprint density at radius 3 is 2.12 bits per heavy atom. The molecule has 0 heterocycles. The fourth-order valence-corrected chi connectivity index (χ4v) is 11.2. The third kappa shape index (κ3) is 10.4. The van der Waals surface area contributed by atoms with Gasteiger partial charge in [0, 0.05) is 12.5 Å². The van der Waals surface area contributed by atoms with E-state index in [4.69, 9.17) is 10.5 Å². The van der Waals surface area contributed by atoms with E-state index < -0.39 is 0 Å². The fraction of sp³-hybridized carbons (Fsp3) is 0.975. The largest absolute Gasteiger partial charge is 0.463 e. The monoisotopic (exact) mass is 676 g/mol. The molecule has 8 heteroatoms. The second kappa shape index (κ2) is 19.7. The van der Waals surface area contributed by atoms with Crippen molar-refractivity contribution in [2.45, 2.75) is 149 Å². The standard InChI is InChI=1S/C40H77N5O3/c1-29(2)48-38(47)16-11-30(3)34-14-15-35-33-13-12-31-27-32(17-18-39(31,4)36(33)28-37(46)40(34,35)5)45-26-10-25-44-24-9-23-43-21-7-6-20-42-22-8-19-41/h29-37,42-46H,6-28,41H2,1-5H3/t30-,31+,32+,33+,34-,35+,36+,37+,39+,40-/m1/s1. The number of aliphatic hydroxyl groups is 1. The number of carbonyl (C=O) groups is 1. The average molecular weight is 676 g/mol. The molecule has 0 amide bonds. The Bertz CT molecular complexity index is 937. The Morgan fingerprint density at radius 1 is 0.812 bits per heavy atom. The number of rotatable bonds is 22. The Morgan fingerprint density at radius 2 is 1.46 bits per heavy atom. The molecule has 4 saturated carbocycles. The van der Waals surface area contributed by atoms with Crippen molar-refractivity contribution >= 4 is 5.97 Å². The highest BCUT2D eigenvalue weighted by Crippen LogP contribution is 2.68. The normalized spacial score (nSPS) is 35.2. The maximum Gasteiger partial charge on any atom is 0.306 e. The van der Waals surface area contributed by atoms with Crippen LogP contribution in [0.15, 0.2) is 0 Å². The molecule has 7 N–H and O–H groups in total. The van der Waals surface area contributed by atoms with E-state index in [1.165, 1.54) is 70.6 Å². The van der Waals surface area contributed by atoms with Gasteiger partial charge in [0.15, 0.2) is 0 Å². The van der Waals surface area contributed by atoms with Gasteiger partial charge in [0.05, 0.1) is 12.2 Å². The van der Waals surface area contributed by atoms with Gasteiger partial charge in [0.2, 0.25) is 0 Å². The Labute approximate surface area is 295 Å². The molecule has 8 nitrogen and oxygen atoms in total. The minimum absolute atomic E-state index is 0.0167. The summed E-state index contributed by atoms with van der Waals surface area (Å²) in [6, 6.07) is 0.651. The van der Waals surface area contributed by atoms with Crippen LogP contribution < -0.4 is 27.0 Å². The Kier molecular flexibility index (Phi) is 16.4. The summed E-state index contributed by atoms with van der Waals surface area (Å²) in [5.41, 5.74) is 5.87. The van der Waals surface area contributed by atoms with Crippen LogP contribution in [0.25, 0.3) is 0 Å². The van der Waals surface area contributed by atoms with Gasteiger partial charge < -0.3 is 36.8 Å². The number of fused-ring (bicyclic) bond motifs is 5. The zero-order chi connectivity index (χ0) is 34.6. The molecule has 4 fully saturated rings. The summed E-state index contributed by atoms with van der Waals surface area (Å²) in [6.07, 6.45) is 17.1. The molecule has 4 aliphatic rings. The highest BCUT2D eigenvalue weighted by atomic mass is 16.5. The summed E-state index contributed by atoms with van der Waals surface area (Å²) in [5.74, 6) is 3.67. The van der Waals surface area contributed by atoms with Gasteiger partial charge in [0.25, 0.3) is 0 Å². The van der Waals surface area contributed by atoms with Crippen molar-refractivity contribution < 1.29 is 14.6 Å². The Balaban J connectivity index is 1.11. The molecule has 4 rings (SSSR count). The number of esters is 1. The zero-order valence-electron chi connectivity index (χ0n) is 31.8. The molecular weight excluding hydrogens is 598 g/mol. The van der Waals surface area contributed by atoms with E-state index in [1.54, 1.807) is 0 Å². The van der Waals surface area contributed by atoms with E-state index in [2.05, 4.69) is 42.0 Å². The summed E-state index contributed by atoms with van der Waals surface area (Å²) in [5, 5.41) is 26.6. The average Bonchev–Trinajstić information content (AvgIpc) is 3.42. The van der Waals surface area contributed by atoms with E-state index >= 15 is 0 Å². The van der Waals surface area contributed by atoms with Gasteiger partial charge >= 0.3 is 5.97 Å². The number of nitrogens with one attached hydrogen (secondary N) is 4.